The second kappa shape index (κ2) is 11.3. The Hall–Kier alpha value is -2.84. The van der Waals surface area contributed by atoms with Crippen molar-refractivity contribution < 1.29 is 52.9 Å². The quantitative estimate of drug-likeness (QED) is 0.293. The summed E-state index contributed by atoms with van der Waals surface area (Å²) in [5.41, 5.74) is 0.874. The molecule has 5 atom stereocenters. The van der Waals surface area contributed by atoms with Crippen LogP contribution in [0.25, 0.3) is 0 Å². The molecular weight excluding hydrogens is 498 g/mol. The van der Waals surface area contributed by atoms with E-state index in [4.69, 9.17) is 14.2 Å². The number of aliphatic hydroxyl groups is 4. The predicted molar refractivity (Wildman–Crippen MR) is 123 cm³/mol. The number of benzene rings is 1. The van der Waals surface area contributed by atoms with E-state index in [0.29, 0.717) is 5.69 Å². The number of nitrogens with zero attached hydrogens (tertiary/aromatic N) is 2. The van der Waals surface area contributed by atoms with Gasteiger partial charge in [0.05, 0.1) is 6.61 Å². The SMILES string of the molecule is CCOC(=O)OC[C@H]1O[C@](O)(Oc2nn(C(C)C)c(C)c2Cc2ccc(C)c(F)c2F)[C@H](O)[C@@H](O)[C@@H]1O. The van der Waals surface area contributed by atoms with E-state index in [-0.39, 0.29) is 41.6 Å². The van der Waals surface area contributed by atoms with Crippen molar-refractivity contribution in [1.82, 2.24) is 9.78 Å². The molecule has 0 radical (unpaired) electrons. The maximum atomic E-state index is 14.7. The van der Waals surface area contributed by atoms with Crippen LogP contribution in [-0.2, 0) is 20.6 Å². The molecule has 4 N–H and O–H groups in total. The number of halogens is 2. The zero-order valence-electron chi connectivity index (χ0n) is 21.1. The van der Waals surface area contributed by atoms with Crippen LogP contribution in [0.4, 0.5) is 13.6 Å². The highest BCUT2D eigenvalue weighted by atomic mass is 19.2. The standard InChI is InChI=1S/C24H32F2N2O9/c1-6-34-23(32)35-10-16-19(29)20(30)21(31)24(33,36-16)37-22-15(13(5)28(27-22)11(2)3)9-14-8-7-12(4)17(25)18(14)26/h7-8,11,16,19-21,29-31,33H,6,9-10H2,1-5H3/t16-,19-,20+,21-,24+/m1/s1. The molecular formula is C24H32F2N2O9. The molecule has 1 aromatic carbocycles. The molecule has 0 saturated carbocycles. The Bertz CT molecular complexity index is 1130. The Morgan fingerprint density at radius 3 is 2.46 bits per heavy atom. The number of hydrogen-bond acceptors (Lipinski definition) is 10. The molecule has 206 valence electrons. The maximum Gasteiger partial charge on any atom is 0.508 e. The molecule has 0 unspecified atom stereocenters. The van der Waals surface area contributed by atoms with Crippen molar-refractivity contribution >= 4 is 6.16 Å². The molecule has 1 aliphatic heterocycles. The average molecular weight is 531 g/mol. The first kappa shape index (κ1) is 28.7. The minimum Gasteiger partial charge on any atom is -0.435 e. The molecule has 13 heteroatoms. The van der Waals surface area contributed by atoms with Gasteiger partial charge >= 0.3 is 12.1 Å². The summed E-state index contributed by atoms with van der Waals surface area (Å²) in [6.45, 7) is 7.62. The van der Waals surface area contributed by atoms with Gasteiger partial charge in [-0.25, -0.2) is 13.6 Å². The lowest BCUT2D eigenvalue weighted by atomic mass is 9.97. The third-order valence-electron chi connectivity index (χ3n) is 6.07. The third-order valence-corrected chi connectivity index (χ3v) is 6.07. The molecule has 1 saturated heterocycles. The topological polar surface area (TPSA) is 153 Å². The summed E-state index contributed by atoms with van der Waals surface area (Å²) in [6, 6.07) is 2.62. The van der Waals surface area contributed by atoms with Gasteiger partial charge in [-0.1, -0.05) is 12.1 Å². The van der Waals surface area contributed by atoms with Gasteiger partial charge in [0.1, 0.15) is 24.9 Å². The Labute approximate surface area is 212 Å². The van der Waals surface area contributed by atoms with Gasteiger partial charge in [-0.05, 0) is 45.7 Å². The van der Waals surface area contributed by atoms with E-state index >= 15 is 0 Å². The van der Waals surface area contributed by atoms with Gasteiger partial charge in [0.2, 0.25) is 5.88 Å². The first-order valence-corrected chi connectivity index (χ1v) is 11.7. The second-order valence-corrected chi connectivity index (χ2v) is 9.06. The summed E-state index contributed by atoms with van der Waals surface area (Å²) in [5.74, 6) is -5.30. The van der Waals surface area contributed by atoms with Crippen LogP contribution < -0.4 is 4.74 Å². The number of carbonyl (C=O) groups excluding carboxylic acids is 1. The highest BCUT2D eigenvalue weighted by Gasteiger charge is 2.56. The van der Waals surface area contributed by atoms with Gasteiger partial charge in [0.25, 0.3) is 0 Å². The summed E-state index contributed by atoms with van der Waals surface area (Å²) in [7, 11) is 0. The molecule has 0 aliphatic carbocycles. The van der Waals surface area contributed by atoms with E-state index in [9.17, 15) is 34.0 Å². The first-order chi connectivity index (χ1) is 17.3. The van der Waals surface area contributed by atoms with Crippen molar-refractivity contribution in [2.45, 2.75) is 77.5 Å². The van der Waals surface area contributed by atoms with Crippen LogP contribution >= 0.6 is 0 Å². The normalized spacial score (nSPS) is 25.8. The number of carbonyl (C=O) groups is 1. The summed E-state index contributed by atoms with van der Waals surface area (Å²) >= 11 is 0. The summed E-state index contributed by atoms with van der Waals surface area (Å²) < 4.78 is 50.7. The summed E-state index contributed by atoms with van der Waals surface area (Å²) in [6.07, 6.45) is -8.74. The van der Waals surface area contributed by atoms with Gasteiger partial charge in [-0.3, -0.25) is 4.68 Å². The molecule has 2 aromatic rings. The molecule has 0 bridgehead atoms. The van der Waals surface area contributed by atoms with E-state index in [2.05, 4.69) is 9.84 Å². The van der Waals surface area contributed by atoms with E-state index in [1.165, 1.54) is 23.7 Å². The van der Waals surface area contributed by atoms with Crippen LogP contribution in [0.5, 0.6) is 5.88 Å². The van der Waals surface area contributed by atoms with Gasteiger partial charge < -0.3 is 39.4 Å². The lowest BCUT2D eigenvalue weighted by Crippen LogP contribution is -2.67. The largest absolute Gasteiger partial charge is 0.508 e. The Morgan fingerprint density at radius 2 is 1.84 bits per heavy atom. The van der Waals surface area contributed by atoms with Crippen molar-refractivity contribution in [2.24, 2.45) is 0 Å². The number of hydrogen-bond donors (Lipinski definition) is 4. The van der Waals surface area contributed by atoms with Crippen molar-refractivity contribution in [2.75, 3.05) is 13.2 Å². The van der Waals surface area contributed by atoms with E-state index in [1.807, 2.05) is 13.8 Å². The van der Waals surface area contributed by atoms with Crippen molar-refractivity contribution in [3.63, 3.8) is 0 Å². The molecule has 1 fully saturated rings. The summed E-state index contributed by atoms with van der Waals surface area (Å²) in [4.78, 5) is 11.5. The molecule has 2 heterocycles. The van der Waals surface area contributed by atoms with Crippen molar-refractivity contribution in [1.29, 1.82) is 0 Å². The van der Waals surface area contributed by atoms with Gasteiger partial charge in [-0.2, -0.15) is 0 Å². The maximum absolute atomic E-state index is 14.7. The molecule has 1 aliphatic rings. The number of aryl methyl sites for hydroxylation is 1. The van der Waals surface area contributed by atoms with Crippen LogP contribution in [0, 0.1) is 25.5 Å². The van der Waals surface area contributed by atoms with Crippen LogP contribution in [0.1, 0.15) is 49.2 Å². The Kier molecular flexibility index (Phi) is 8.75. The predicted octanol–water partition coefficient (Wildman–Crippen LogP) is 1.63. The van der Waals surface area contributed by atoms with Crippen LogP contribution in [-0.4, -0.2) is 80.0 Å². The van der Waals surface area contributed by atoms with Crippen molar-refractivity contribution in [3.8, 4) is 5.88 Å². The zero-order chi connectivity index (χ0) is 27.7. The number of ether oxygens (including phenoxy) is 4. The monoisotopic (exact) mass is 530 g/mol. The second-order valence-electron chi connectivity index (χ2n) is 9.06. The zero-order valence-corrected chi connectivity index (χ0v) is 21.1. The highest BCUT2D eigenvalue weighted by molar-refractivity contribution is 5.59. The minimum absolute atomic E-state index is 0.00683. The Balaban J connectivity index is 1.95. The van der Waals surface area contributed by atoms with Crippen LogP contribution in [0.3, 0.4) is 0 Å². The average Bonchev–Trinajstić information content (AvgIpc) is 3.14. The van der Waals surface area contributed by atoms with Crippen molar-refractivity contribution in [3.05, 3.63) is 46.2 Å². The number of aliphatic hydroxyl groups excluding tert-OH is 3. The highest BCUT2D eigenvalue weighted by Crippen LogP contribution is 2.35. The smallest absolute Gasteiger partial charge is 0.435 e. The van der Waals surface area contributed by atoms with Crippen LogP contribution in [0.15, 0.2) is 12.1 Å². The van der Waals surface area contributed by atoms with Gasteiger partial charge in [0, 0.05) is 23.7 Å². The molecule has 1 aromatic heterocycles. The lowest BCUT2D eigenvalue weighted by molar-refractivity contribution is -0.423. The fourth-order valence-corrected chi connectivity index (χ4v) is 3.97. The lowest BCUT2D eigenvalue weighted by Gasteiger charge is -2.44. The molecule has 0 amide bonds. The summed E-state index contributed by atoms with van der Waals surface area (Å²) in [5, 5.41) is 46.5. The van der Waals surface area contributed by atoms with Gasteiger partial charge in [0.15, 0.2) is 17.7 Å². The number of rotatable bonds is 8. The fraction of sp³-hybridized carbons (Fsp3) is 0.583. The molecule has 37 heavy (non-hydrogen) atoms. The van der Waals surface area contributed by atoms with E-state index in [0.717, 1.165) is 0 Å². The number of aromatic nitrogens is 2. The van der Waals surface area contributed by atoms with E-state index < -0.39 is 54.8 Å². The van der Waals surface area contributed by atoms with E-state index in [1.54, 1.807) is 13.8 Å². The molecule has 3 rings (SSSR count). The van der Waals surface area contributed by atoms with Gasteiger partial charge in [-0.15, -0.1) is 5.10 Å². The third kappa shape index (κ3) is 5.85. The molecule has 11 nitrogen and oxygen atoms in total. The minimum atomic E-state index is -2.96. The first-order valence-electron chi connectivity index (χ1n) is 11.7. The Morgan fingerprint density at radius 1 is 1.16 bits per heavy atom. The fourth-order valence-electron chi connectivity index (χ4n) is 3.97. The molecule has 0 spiro atoms. The van der Waals surface area contributed by atoms with Crippen LogP contribution in [0.2, 0.25) is 0 Å².